The lowest BCUT2D eigenvalue weighted by molar-refractivity contribution is -0.138. The number of carbonyl (C=O) groups is 1. The van der Waals surface area contributed by atoms with Crippen molar-refractivity contribution >= 4 is 5.97 Å². The number of carbonyl (C=O) groups excluding carboxylic acids is 1. The van der Waals surface area contributed by atoms with Gasteiger partial charge in [0.05, 0.1) is 6.61 Å². The summed E-state index contributed by atoms with van der Waals surface area (Å²) in [5.74, 6) is -0.221. The Labute approximate surface area is 80.3 Å². The predicted molar refractivity (Wildman–Crippen MR) is 54.4 cm³/mol. The zero-order valence-corrected chi connectivity index (χ0v) is 9.10. The molecule has 0 aliphatic heterocycles. The van der Waals surface area contributed by atoms with Crippen LogP contribution in [-0.2, 0) is 9.53 Å². The van der Waals surface area contributed by atoms with Crippen molar-refractivity contribution in [3.8, 4) is 0 Å². The summed E-state index contributed by atoms with van der Waals surface area (Å²) in [4.78, 5) is 11.3. The van der Waals surface area contributed by atoms with Gasteiger partial charge in [0.1, 0.15) is 0 Å². The smallest absolute Gasteiger partial charge is 0.333 e. The van der Waals surface area contributed by atoms with E-state index in [0.717, 1.165) is 11.1 Å². The minimum absolute atomic E-state index is 0.221. The zero-order chi connectivity index (χ0) is 10.4. The fourth-order valence-corrected chi connectivity index (χ4v) is 0.905. The Kier molecular flexibility index (Phi) is 5.12. The van der Waals surface area contributed by atoms with Crippen molar-refractivity contribution in [2.75, 3.05) is 6.61 Å². The van der Waals surface area contributed by atoms with Crippen molar-refractivity contribution < 1.29 is 9.53 Å². The molecule has 0 bridgehead atoms. The van der Waals surface area contributed by atoms with E-state index in [9.17, 15) is 4.79 Å². The van der Waals surface area contributed by atoms with Gasteiger partial charge in [-0.1, -0.05) is 11.6 Å². The van der Waals surface area contributed by atoms with Crippen LogP contribution in [-0.4, -0.2) is 12.6 Å². The number of esters is 1. The number of ether oxygens (including phenoxy) is 1. The summed E-state index contributed by atoms with van der Waals surface area (Å²) in [6, 6.07) is 0. The Morgan fingerprint density at radius 1 is 1.23 bits per heavy atom. The second-order valence-corrected chi connectivity index (χ2v) is 2.94. The molecular weight excluding hydrogens is 164 g/mol. The second kappa shape index (κ2) is 5.57. The first-order chi connectivity index (χ1) is 6.04. The SMILES string of the molecule is CC=C(C)/C(C)=C(\C)C(=O)OCC. The van der Waals surface area contributed by atoms with Gasteiger partial charge in [-0.3, -0.25) is 0 Å². The van der Waals surface area contributed by atoms with Gasteiger partial charge in [-0.05, 0) is 40.2 Å². The molecule has 0 aliphatic carbocycles. The van der Waals surface area contributed by atoms with E-state index in [-0.39, 0.29) is 5.97 Å². The molecular formula is C11H18O2. The van der Waals surface area contributed by atoms with Gasteiger partial charge < -0.3 is 4.74 Å². The largest absolute Gasteiger partial charge is 0.463 e. The van der Waals surface area contributed by atoms with Gasteiger partial charge >= 0.3 is 5.97 Å². The van der Waals surface area contributed by atoms with Crippen LogP contribution >= 0.6 is 0 Å². The quantitative estimate of drug-likeness (QED) is 0.381. The first-order valence-electron chi connectivity index (χ1n) is 4.52. The molecule has 0 aromatic heterocycles. The fourth-order valence-electron chi connectivity index (χ4n) is 0.905. The van der Waals surface area contributed by atoms with Crippen LogP contribution in [0.4, 0.5) is 0 Å². The summed E-state index contributed by atoms with van der Waals surface area (Å²) < 4.78 is 4.90. The van der Waals surface area contributed by atoms with Crippen LogP contribution in [0.1, 0.15) is 34.6 Å². The highest BCUT2D eigenvalue weighted by Gasteiger charge is 2.08. The van der Waals surface area contributed by atoms with E-state index in [1.54, 1.807) is 6.92 Å². The number of hydrogen-bond acceptors (Lipinski definition) is 2. The van der Waals surface area contributed by atoms with Crippen LogP contribution in [0.2, 0.25) is 0 Å². The molecule has 0 rings (SSSR count). The first-order valence-corrected chi connectivity index (χ1v) is 4.52. The maximum absolute atomic E-state index is 11.3. The molecule has 13 heavy (non-hydrogen) atoms. The minimum Gasteiger partial charge on any atom is -0.463 e. The Morgan fingerprint density at radius 2 is 1.77 bits per heavy atom. The molecule has 2 heteroatoms. The van der Waals surface area contributed by atoms with Crippen molar-refractivity contribution in [1.29, 1.82) is 0 Å². The molecule has 0 aromatic carbocycles. The fraction of sp³-hybridized carbons (Fsp3) is 0.545. The van der Waals surface area contributed by atoms with Gasteiger partial charge in [0.15, 0.2) is 0 Å². The van der Waals surface area contributed by atoms with E-state index in [1.807, 2.05) is 33.8 Å². The van der Waals surface area contributed by atoms with Crippen molar-refractivity contribution in [2.24, 2.45) is 0 Å². The zero-order valence-electron chi connectivity index (χ0n) is 9.10. The van der Waals surface area contributed by atoms with Crippen molar-refractivity contribution in [1.82, 2.24) is 0 Å². The van der Waals surface area contributed by atoms with Gasteiger partial charge in [0.2, 0.25) is 0 Å². The molecule has 0 amide bonds. The van der Waals surface area contributed by atoms with Gasteiger partial charge in [-0.25, -0.2) is 4.79 Å². The molecule has 74 valence electrons. The van der Waals surface area contributed by atoms with E-state index >= 15 is 0 Å². The van der Waals surface area contributed by atoms with Gasteiger partial charge in [0.25, 0.3) is 0 Å². The van der Waals surface area contributed by atoms with Gasteiger partial charge in [0, 0.05) is 5.57 Å². The lowest BCUT2D eigenvalue weighted by Crippen LogP contribution is -2.07. The van der Waals surface area contributed by atoms with Gasteiger partial charge in [-0.15, -0.1) is 0 Å². The monoisotopic (exact) mass is 182 g/mol. The van der Waals surface area contributed by atoms with Crippen molar-refractivity contribution in [2.45, 2.75) is 34.6 Å². The molecule has 0 spiro atoms. The summed E-state index contributed by atoms with van der Waals surface area (Å²) >= 11 is 0. The highest BCUT2D eigenvalue weighted by molar-refractivity contribution is 5.89. The summed E-state index contributed by atoms with van der Waals surface area (Å²) in [5, 5.41) is 0. The van der Waals surface area contributed by atoms with E-state index in [2.05, 4.69) is 0 Å². The molecule has 0 saturated carbocycles. The third-order valence-corrected chi connectivity index (χ3v) is 2.17. The van der Waals surface area contributed by atoms with E-state index < -0.39 is 0 Å². The number of rotatable bonds is 3. The van der Waals surface area contributed by atoms with Crippen LogP contribution in [0.5, 0.6) is 0 Å². The van der Waals surface area contributed by atoms with Crippen LogP contribution in [0.25, 0.3) is 0 Å². The van der Waals surface area contributed by atoms with E-state index in [1.165, 1.54) is 0 Å². The first kappa shape index (κ1) is 11.9. The normalized spacial score (nSPS) is 13.8. The Balaban J connectivity index is 4.71. The molecule has 0 heterocycles. The molecule has 0 saturated heterocycles. The lowest BCUT2D eigenvalue weighted by Gasteiger charge is -2.06. The molecule has 0 atom stereocenters. The predicted octanol–water partition coefficient (Wildman–Crippen LogP) is 2.85. The summed E-state index contributed by atoms with van der Waals surface area (Å²) in [7, 11) is 0. The third kappa shape index (κ3) is 3.45. The third-order valence-electron chi connectivity index (χ3n) is 2.17. The summed E-state index contributed by atoms with van der Waals surface area (Å²) in [6.07, 6.45) is 1.98. The molecule has 0 aromatic rings. The molecule has 0 aliphatic rings. The average molecular weight is 182 g/mol. The van der Waals surface area contributed by atoms with E-state index in [4.69, 9.17) is 4.74 Å². The molecule has 0 unspecified atom stereocenters. The van der Waals surface area contributed by atoms with Crippen molar-refractivity contribution in [3.05, 3.63) is 22.8 Å². The van der Waals surface area contributed by atoms with Gasteiger partial charge in [-0.2, -0.15) is 0 Å². The summed E-state index contributed by atoms with van der Waals surface area (Å²) in [5.41, 5.74) is 2.81. The highest BCUT2D eigenvalue weighted by atomic mass is 16.5. The van der Waals surface area contributed by atoms with Crippen LogP contribution < -0.4 is 0 Å². The van der Waals surface area contributed by atoms with Crippen LogP contribution in [0.15, 0.2) is 22.8 Å². The Morgan fingerprint density at radius 3 is 2.15 bits per heavy atom. The minimum atomic E-state index is -0.221. The molecule has 0 radical (unpaired) electrons. The summed E-state index contributed by atoms with van der Waals surface area (Å²) in [6.45, 7) is 9.90. The molecule has 0 N–H and O–H groups in total. The Bertz CT molecular complexity index is 247. The molecule has 2 nitrogen and oxygen atoms in total. The van der Waals surface area contributed by atoms with E-state index in [0.29, 0.717) is 12.2 Å². The number of hydrogen-bond donors (Lipinski definition) is 0. The average Bonchev–Trinajstić information content (AvgIpc) is 2.14. The standard InChI is InChI=1S/C11H18O2/c1-6-8(3)9(4)10(5)11(12)13-7-2/h6H,7H2,1-5H3/b8-6?,10-9+. The second-order valence-electron chi connectivity index (χ2n) is 2.94. The van der Waals surface area contributed by atoms with Crippen LogP contribution in [0.3, 0.4) is 0 Å². The topological polar surface area (TPSA) is 26.3 Å². The van der Waals surface area contributed by atoms with Crippen molar-refractivity contribution in [3.63, 3.8) is 0 Å². The maximum Gasteiger partial charge on any atom is 0.333 e. The molecule has 0 fully saturated rings. The number of allylic oxidation sites excluding steroid dienone is 3. The lowest BCUT2D eigenvalue weighted by atomic mass is 10.0. The Hall–Kier alpha value is -1.05. The maximum atomic E-state index is 11.3. The van der Waals surface area contributed by atoms with Crippen LogP contribution in [0, 0.1) is 0 Å². The highest BCUT2D eigenvalue weighted by Crippen LogP contribution is 2.14.